The second-order valence-electron chi connectivity index (χ2n) is 17.1. The predicted octanol–water partition coefficient (Wildman–Crippen LogP) is 0.648. The van der Waals surface area contributed by atoms with Gasteiger partial charge in [-0.3, -0.25) is 19.2 Å². The van der Waals surface area contributed by atoms with Crippen LogP contribution in [0.4, 0.5) is 0 Å². The van der Waals surface area contributed by atoms with Crippen molar-refractivity contribution < 1.29 is 67.7 Å². The summed E-state index contributed by atoms with van der Waals surface area (Å²) in [6.07, 6.45) is -4.57. The summed E-state index contributed by atoms with van der Waals surface area (Å²) >= 11 is 0. The van der Waals surface area contributed by atoms with E-state index in [-0.39, 0.29) is 6.42 Å². The SMILES string of the molecule is CC(=O)O[C@@H]1[C@H]2[C@H]3[C@H]([C@H](C)[C@H](OC(C)=O)[C@]2(C)[C@H]2[C@H](C)[C@@H]4O[C@@]45OC(=O)[C@@](C)(O)[C@]5(C)[C@H]12)[C@]1(C)[C@H](C[C@@H]2O[C@@H]2[C@@H]1OC(C)=O)C(=O)C3(O)O. The smallest absolute Gasteiger partial charge is 0.341 e. The highest BCUT2D eigenvalue weighted by atomic mass is 16.8. The van der Waals surface area contributed by atoms with E-state index in [1.165, 1.54) is 27.7 Å². The molecule has 0 aromatic carbocycles. The Bertz CT molecular complexity index is 1590. The molecule has 3 saturated heterocycles. The van der Waals surface area contributed by atoms with E-state index in [1.807, 2.05) is 20.8 Å². The zero-order chi connectivity index (χ0) is 35.9. The monoisotopic (exact) mass is 690 g/mol. The summed E-state index contributed by atoms with van der Waals surface area (Å²) in [5.41, 5.74) is -6.14. The standard InChI is InChI=1S/C35H46O14/c1-11-18-20(34(42,43)25(39)16-10-17-23(47-17)28(30(16,18)6)46-15(5)38)21-24(44-13(3)36)22-19(31(21,7)26(11)45-14(4)37)12(2)27-35(48-27)32(22,8)33(9,41)29(40)49-35/h11-12,16-24,26-28,41-43H,10H2,1-9H3/t11-,12-,16+,17-,18-,19-,20+,21+,22-,23-,24+,26-,27-,28-,30-,31+,32-,33+,35+/m0/s1. The number of hydrogen-bond donors (Lipinski definition) is 3. The van der Waals surface area contributed by atoms with Gasteiger partial charge in [0.1, 0.15) is 30.5 Å². The van der Waals surface area contributed by atoms with Crippen LogP contribution >= 0.6 is 0 Å². The molecular weight excluding hydrogens is 644 g/mol. The molecule has 3 heterocycles. The summed E-state index contributed by atoms with van der Waals surface area (Å²) in [7, 11) is 0. The van der Waals surface area contributed by atoms with Gasteiger partial charge in [-0.15, -0.1) is 0 Å². The number of carbonyl (C=O) groups excluding carboxylic acids is 5. The van der Waals surface area contributed by atoms with Gasteiger partial charge in [0.05, 0.1) is 11.5 Å². The maximum absolute atomic E-state index is 14.5. The van der Waals surface area contributed by atoms with Crippen molar-refractivity contribution in [3.8, 4) is 0 Å². The molecule has 8 fully saturated rings. The maximum Gasteiger partial charge on any atom is 0.341 e. The third-order valence-electron chi connectivity index (χ3n) is 15.2. The quantitative estimate of drug-likeness (QED) is 0.161. The molecule has 0 amide bonds. The highest BCUT2D eigenvalue weighted by Gasteiger charge is 2.93. The van der Waals surface area contributed by atoms with Gasteiger partial charge < -0.3 is 43.7 Å². The summed E-state index contributed by atoms with van der Waals surface area (Å²) in [4.78, 5) is 66.7. The molecule has 49 heavy (non-hydrogen) atoms. The van der Waals surface area contributed by atoms with Crippen molar-refractivity contribution in [3.05, 3.63) is 0 Å². The van der Waals surface area contributed by atoms with E-state index >= 15 is 0 Å². The highest BCUT2D eigenvalue weighted by Crippen LogP contribution is 2.81. The Labute approximate surface area is 283 Å². The first-order valence-corrected chi connectivity index (χ1v) is 17.4. The number of carbonyl (C=O) groups is 5. The zero-order valence-corrected chi connectivity index (χ0v) is 29.1. The molecule has 19 atom stereocenters. The molecule has 14 heteroatoms. The van der Waals surface area contributed by atoms with Crippen molar-refractivity contribution in [3.63, 3.8) is 0 Å². The lowest BCUT2D eigenvalue weighted by molar-refractivity contribution is -0.313. The van der Waals surface area contributed by atoms with E-state index in [0.717, 1.165) is 0 Å². The van der Waals surface area contributed by atoms with Crippen molar-refractivity contribution in [1.82, 2.24) is 0 Å². The van der Waals surface area contributed by atoms with E-state index in [0.29, 0.717) is 0 Å². The van der Waals surface area contributed by atoms with Crippen LogP contribution < -0.4 is 0 Å². The van der Waals surface area contributed by atoms with Gasteiger partial charge in [-0.05, 0) is 43.9 Å². The van der Waals surface area contributed by atoms with Gasteiger partial charge in [0.2, 0.25) is 11.6 Å². The third-order valence-corrected chi connectivity index (χ3v) is 15.2. The first-order chi connectivity index (χ1) is 22.6. The van der Waals surface area contributed by atoms with E-state index in [4.69, 9.17) is 28.4 Å². The summed E-state index contributed by atoms with van der Waals surface area (Å²) in [6, 6.07) is 0. The molecule has 3 N–H and O–H groups in total. The lowest BCUT2D eigenvalue weighted by Crippen LogP contribution is -2.76. The molecule has 14 nitrogen and oxygen atoms in total. The third kappa shape index (κ3) is 3.53. The number of Topliss-reactive ketones (excluding diaryl/α,β-unsaturated/α-hetero) is 1. The number of rotatable bonds is 3. The van der Waals surface area contributed by atoms with Crippen molar-refractivity contribution >= 4 is 29.7 Å². The number of epoxide rings is 2. The Morgan fingerprint density at radius 2 is 1.33 bits per heavy atom. The first kappa shape index (κ1) is 33.5. The minimum atomic E-state index is -2.96. The van der Waals surface area contributed by atoms with Gasteiger partial charge >= 0.3 is 23.9 Å². The fourth-order valence-electron chi connectivity index (χ4n) is 13.5. The van der Waals surface area contributed by atoms with Crippen LogP contribution in [-0.2, 0) is 52.4 Å². The summed E-state index contributed by atoms with van der Waals surface area (Å²) in [5, 5.41) is 36.5. The maximum atomic E-state index is 14.5. The minimum absolute atomic E-state index is 0.175. The largest absolute Gasteiger partial charge is 0.462 e. The number of aliphatic hydroxyl groups is 3. The molecule has 0 unspecified atom stereocenters. The number of esters is 4. The molecule has 0 aromatic heterocycles. The summed E-state index contributed by atoms with van der Waals surface area (Å²) < 4.78 is 36.4. The second-order valence-corrected chi connectivity index (χ2v) is 17.1. The second kappa shape index (κ2) is 9.41. The van der Waals surface area contributed by atoms with Crippen LogP contribution in [0.5, 0.6) is 0 Å². The normalized spacial score (nSPS) is 58.2. The van der Waals surface area contributed by atoms with Crippen molar-refractivity contribution in [2.24, 2.45) is 63.6 Å². The molecule has 0 aromatic rings. The number of ketones is 1. The molecule has 3 aliphatic heterocycles. The number of hydrogen-bond acceptors (Lipinski definition) is 14. The molecule has 5 saturated carbocycles. The number of ether oxygens (including phenoxy) is 6. The van der Waals surface area contributed by atoms with Crippen LogP contribution in [0.3, 0.4) is 0 Å². The lowest BCUT2D eigenvalue weighted by Gasteiger charge is -2.67. The fraction of sp³-hybridized carbons (Fsp3) is 0.857. The van der Waals surface area contributed by atoms with Crippen LogP contribution in [0.25, 0.3) is 0 Å². The Morgan fingerprint density at radius 3 is 1.92 bits per heavy atom. The highest BCUT2D eigenvalue weighted by molar-refractivity contribution is 5.90. The van der Waals surface area contributed by atoms with Crippen molar-refractivity contribution in [2.45, 2.75) is 123 Å². The number of fused-ring (bicyclic) bond motifs is 9. The molecule has 1 spiro atoms. The van der Waals surface area contributed by atoms with Crippen LogP contribution in [-0.4, -0.2) is 98.8 Å². The molecular formula is C35H46O14. The Hall–Kier alpha value is -2.65. The van der Waals surface area contributed by atoms with E-state index < -0.39 is 147 Å². The molecule has 8 aliphatic rings. The minimum Gasteiger partial charge on any atom is -0.462 e. The molecule has 0 radical (unpaired) electrons. The van der Waals surface area contributed by atoms with Crippen LogP contribution in [0.1, 0.15) is 68.7 Å². The van der Waals surface area contributed by atoms with Gasteiger partial charge in [0, 0.05) is 55.3 Å². The van der Waals surface area contributed by atoms with Crippen LogP contribution in [0.15, 0.2) is 0 Å². The van der Waals surface area contributed by atoms with Gasteiger partial charge in [-0.1, -0.05) is 27.7 Å². The summed E-state index contributed by atoms with van der Waals surface area (Å²) in [6.45, 7) is 14.1. The molecule has 8 rings (SSSR count). The average Bonchev–Trinajstić information content (AvgIpc) is 3.88. The van der Waals surface area contributed by atoms with Gasteiger partial charge in [-0.2, -0.15) is 0 Å². The van der Waals surface area contributed by atoms with E-state index in [2.05, 4.69) is 0 Å². The van der Waals surface area contributed by atoms with E-state index in [9.17, 15) is 39.3 Å². The predicted molar refractivity (Wildman–Crippen MR) is 160 cm³/mol. The van der Waals surface area contributed by atoms with E-state index in [1.54, 1.807) is 13.8 Å². The van der Waals surface area contributed by atoms with Crippen molar-refractivity contribution in [2.75, 3.05) is 0 Å². The molecule has 0 bridgehead atoms. The zero-order valence-electron chi connectivity index (χ0n) is 29.1. The van der Waals surface area contributed by atoms with Crippen molar-refractivity contribution in [1.29, 1.82) is 0 Å². The lowest BCUT2D eigenvalue weighted by atomic mass is 9.39. The molecule has 5 aliphatic carbocycles. The Kier molecular flexibility index (Phi) is 6.43. The first-order valence-electron chi connectivity index (χ1n) is 17.4. The Balaban J connectivity index is 1.40. The Morgan fingerprint density at radius 1 is 0.755 bits per heavy atom. The average molecular weight is 691 g/mol. The van der Waals surface area contributed by atoms with Gasteiger partial charge in [-0.25, -0.2) is 4.79 Å². The summed E-state index contributed by atoms with van der Waals surface area (Å²) in [5.74, 6) is -15.1. The fourth-order valence-corrected chi connectivity index (χ4v) is 13.5. The van der Waals surface area contributed by atoms with Gasteiger partial charge in [0.15, 0.2) is 11.4 Å². The van der Waals surface area contributed by atoms with Crippen LogP contribution in [0.2, 0.25) is 0 Å². The van der Waals surface area contributed by atoms with Gasteiger partial charge in [0.25, 0.3) is 0 Å². The topological polar surface area (TPSA) is 208 Å². The molecule has 270 valence electrons. The van der Waals surface area contributed by atoms with Crippen LogP contribution in [0, 0.1) is 63.6 Å².